The fourth-order valence-corrected chi connectivity index (χ4v) is 3.19. The molecule has 7 nitrogen and oxygen atoms in total. The van der Waals surface area contributed by atoms with Crippen molar-refractivity contribution in [3.8, 4) is 0 Å². The van der Waals surface area contributed by atoms with Gasteiger partial charge < -0.3 is 25.2 Å². The molecule has 8 heteroatoms. The topological polar surface area (TPSA) is 69.2 Å². The number of benzene rings is 1. The summed E-state index contributed by atoms with van der Waals surface area (Å²) >= 11 is 0. The molecule has 1 heterocycles. The number of carbonyl (C=O) groups is 1. The van der Waals surface area contributed by atoms with Crippen molar-refractivity contribution in [1.82, 2.24) is 20.4 Å². The SMILES string of the molecule is CN=C(NCc1ccc(CN(C)C)cc1)N1CCC(NC(=O)OC(C)(C)C)C1.I. The molecule has 0 saturated carbocycles. The lowest BCUT2D eigenvalue weighted by Gasteiger charge is -2.23. The molecule has 2 rings (SSSR count). The normalized spacial score (nSPS) is 17.1. The van der Waals surface area contributed by atoms with E-state index in [0.29, 0.717) is 0 Å². The van der Waals surface area contributed by atoms with E-state index in [-0.39, 0.29) is 36.1 Å². The van der Waals surface area contributed by atoms with Crippen molar-refractivity contribution in [1.29, 1.82) is 0 Å². The number of guanidine groups is 1. The highest BCUT2D eigenvalue weighted by Crippen LogP contribution is 2.12. The number of likely N-dealkylation sites (tertiary alicyclic amines) is 1. The Labute approximate surface area is 192 Å². The molecule has 1 aromatic rings. The van der Waals surface area contributed by atoms with Gasteiger partial charge in [-0.1, -0.05) is 24.3 Å². The third-order valence-electron chi connectivity index (χ3n) is 4.39. The number of hydrogen-bond donors (Lipinski definition) is 2. The molecule has 1 unspecified atom stereocenters. The zero-order valence-electron chi connectivity index (χ0n) is 18.5. The standard InChI is InChI=1S/C21H35N5O2.HI/c1-21(2,3)28-20(27)24-18-11-12-26(15-18)19(22-4)23-13-16-7-9-17(10-8-16)14-25(5)6;/h7-10,18H,11-15H2,1-6H3,(H,22,23)(H,24,27);1H. The molecule has 164 valence electrons. The van der Waals surface area contributed by atoms with Crippen LogP contribution in [0.1, 0.15) is 38.3 Å². The molecule has 1 aliphatic heterocycles. The number of hydrogen-bond acceptors (Lipinski definition) is 4. The predicted octanol–water partition coefficient (Wildman–Crippen LogP) is 3.04. The highest BCUT2D eigenvalue weighted by molar-refractivity contribution is 14.0. The van der Waals surface area contributed by atoms with E-state index in [9.17, 15) is 4.79 Å². The summed E-state index contributed by atoms with van der Waals surface area (Å²) in [7, 11) is 5.93. The average molecular weight is 517 g/mol. The maximum absolute atomic E-state index is 12.0. The van der Waals surface area contributed by atoms with Crippen LogP contribution in [0.25, 0.3) is 0 Å². The summed E-state index contributed by atoms with van der Waals surface area (Å²) in [4.78, 5) is 20.7. The van der Waals surface area contributed by atoms with Crippen molar-refractivity contribution in [3.05, 3.63) is 35.4 Å². The van der Waals surface area contributed by atoms with Crippen LogP contribution in [-0.2, 0) is 17.8 Å². The van der Waals surface area contributed by atoms with Gasteiger partial charge in [0.15, 0.2) is 5.96 Å². The average Bonchev–Trinajstić information content (AvgIpc) is 3.03. The van der Waals surface area contributed by atoms with Gasteiger partial charge in [-0.15, -0.1) is 24.0 Å². The number of nitrogens with one attached hydrogen (secondary N) is 2. The van der Waals surface area contributed by atoms with Gasteiger partial charge in [0.05, 0.1) is 6.04 Å². The van der Waals surface area contributed by atoms with Crippen LogP contribution in [0.15, 0.2) is 29.3 Å². The summed E-state index contributed by atoms with van der Waals surface area (Å²) in [5.74, 6) is 0.853. The lowest BCUT2D eigenvalue weighted by atomic mass is 10.1. The van der Waals surface area contributed by atoms with Crippen molar-refractivity contribution in [3.63, 3.8) is 0 Å². The number of alkyl carbamates (subject to hydrolysis) is 1. The summed E-state index contributed by atoms with van der Waals surface area (Å²) in [6, 6.07) is 8.69. The highest BCUT2D eigenvalue weighted by atomic mass is 127. The number of aliphatic imine (C=N–C) groups is 1. The fraction of sp³-hybridized carbons (Fsp3) is 0.619. The molecule has 1 saturated heterocycles. The van der Waals surface area contributed by atoms with Gasteiger partial charge in [0.25, 0.3) is 0 Å². The van der Waals surface area contributed by atoms with E-state index >= 15 is 0 Å². The number of rotatable bonds is 5. The molecule has 29 heavy (non-hydrogen) atoms. The zero-order valence-corrected chi connectivity index (χ0v) is 20.8. The second-order valence-electron chi connectivity index (χ2n) is 8.53. The van der Waals surface area contributed by atoms with E-state index < -0.39 is 5.60 Å². The monoisotopic (exact) mass is 517 g/mol. The van der Waals surface area contributed by atoms with Gasteiger partial charge in [-0.25, -0.2) is 4.79 Å². The van der Waals surface area contributed by atoms with E-state index in [1.807, 2.05) is 20.8 Å². The maximum Gasteiger partial charge on any atom is 0.407 e. The molecule has 0 aromatic heterocycles. The molecular formula is C21H36IN5O2. The minimum atomic E-state index is -0.484. The molecule has 0 aliphatic carbocycles. The summed E-state index contributed by atoms with van der Waals surface area (Å²) in [6.45, 7) is 8.83. The lowest BCUT2D eigenvalue weighted by Crippen LogP contribution is -2.44. The molecule has 0 radical (unpaired) electrons. The minimum absolute atomic E-state index is 0. The van der Waals surface area contributed by atoms with Gasteiger partial charge in [0, 0.05) is 33.2 Å². The van der Waals surface area contributed by atoms with Gasteiger partial charge in [-0.2, -0.15) is 0 Å². The number of nitrogens with zero attached hydrogens (tertiary/aromatic N) is 3. The van der Waals surface area contributed by atoms with E-state index in [1.165, 1.54) is 11.1 Å². The second kappa shape index (κ2) is 11.6. The molecule has 1 aliphatic rings. The van der Waals surface area contributed by atoms with Crippen molar-refractivity contribution in [2.45, 2.75) is 51.9 Å². The van der Waals surface area contributed by atoms with E-state index in [4.69, 9.17) is 4.74 Å². The van der Waals surface area contributed by atoms with Crippen molar-refractivity contribution < 1.29 is 9.53 Å². The summed E-state index contributed by atoms with van der Waals surface area (Å²) < 4.78 is 5.34. The Balaban J connectivity index is 0.00000420. The predicted molar refractivity (Wildman–Crippen MR) is 129 cm³/mol. The highest BCUT2D eigenvalue weighted by Gasteiger charge is 2.27. The van der Waals surface area contributed by atoms with Crippen molar-refractivity contribution >= 4 is 36.0 Å². The summed E-state index contributed by atoms with van der Waals surface area (Å²) in [5.41, 5.74) is 2.03. The molecule has 1 fully saturated rings. The molecule has 1 atom stereocenters. The number of carbonyl (C=O) groups excluding carboxylic acids is 1. The zero-order chi connectivity index (χ0) is 20.7. The summed E-state index contributed by atoms with van der Waals surface area (Å²) in [6.07, 6.45) is 0.513. The lowest BCUT2D eigenvalue weighted by molar-refractivity contribution is 0.0507. The van der Waals surface area contributed by atoms with E-state index in [2.05, 4.69) is 63.8 Å². The first-order valence-corrected chi connectivity index (χ1v) is 9.84. The van der Waals surface area contributed by atoms with Crippen LogP contribution in [0.2, 0.25) is 0 Å². The van der Waals surface area contributed by atoms with Crippen LogP contribution < -0.4 is 10.6 Å². The Kier molecular flexibility index (Phi) is 10.2. The van der Waals surface area contributed by atoms with Crippen LogP contribution in [0.5, 0.6) is 0 Å². The van der Waals surface area contributed by atoms with Crippen LogP contribution in [0.3, 0.4) is 0 Å². The van der Waals surface area contributed by atoms with Gasteiger partial charge >= 0.3 is 6.09 Å². The first-order chi connectivity index (χ1) is 13.2. The van der Waals surface area contributed by atoms with E-state index in [0.717, 1.165) is 38.6 Å². The van der Waals surface area contributed by atoms with Crippen molar-refractivity contribution in [2.75, 3.05) is 34.2 Å². The van der Waals surface area contributed by atoms with Crippen LogP contribution >= 0.6 is 24.0 Å². The smallest absolute Gasteiger partial charge is 0.407 e. The Morgan fingerprint density at radius 3 is 2.41 bits per heavy atom. The Bertz CT molecular complexity index is 671. The van der Waals surface area contributed by atoms with Crippen LogP contribution in [-0.4, -0.2) is 67.7 Å². The first kappa shape index (κ1) is 25.5. The Hall–Kier alpha value is -1.55. The fourth-order valence-electron chi connectivity index (χ4n) is 3.19. The third-order valence-corrected chi connectivity index (χ3v) is 4.39. The quantitative estimate of drug-likeness (QED) is 0.357. The molecule has 2 N–H and O–H groups in total. The van der Waals surface area contributed by atoms with Gasteiger partial charge in [-0.3, -0.25) is 4.99 Å². The Morgan fingerprint density at radius 2 is 1.86 bits per heavy atom. The number of amides is 1. The molecule has 0 spiro atoms. The second-order valence-corrected chi connectivity index (χ2v) is 8.53. The molecule has 1 amide bonds. The van der Waals surface area contributed by atoms with Gasteiger partial charge in [0.1, 0.15) is 5.60 Å². The Morgan fingerprint density at radius 1 is 1.24 bits per heavy atom. The molecule has 0 bridgehead atoms. The first-order valence-electron chi connectivity index (χ1n) is 9.84. The number of halogens is 1. The third kappa shape index (κ3) is 9.20. The molecular weight excluding hydrogens is 481 g/mol. The van der Waals surface area contributed by atoms with E-state index in [1.54, 1.807) is 7.05 Å². The molecule has 1 aromatic carbocycles. The van der Waals surface area contributed by atoms with Crippen molar-refractivity contribution in [2.24, 2.45) is 4.99 Å². The van der Waals surface area contributed by atoms with Gasteiger partial charge in [0.2, 0.25) is 0 Å². The van der Waals surface area contributed by atoms with Crippen LogP contribution in [0.4, 0.5) is 4.79 Å². The van der Waals surface area contributed by atoms with Crippen LogP contribution in [0, 0.1) is 0 Å². The van der Waals surface area contributed by atoms with Gasteiger partial charge in [-0.05, 0) is 52.4 Å². The summed E-state index contributed by atoms with van der Waals surface area (Å²) in [5, 5.41) is 6.37. The maximum atomic E-state index is 12.0. The largest absolute Gasteiger partial charge is 0.444 e. The number of ether oxygens (including phenoxy) is 1. The minimum Gasteiger partial charge on any atom is -0.444 e.